The summed E-state index contributed by atoms with van der Waals surface area (Å²) in [6.45, 7) is 7.40. The Labute approximate surface area is 83.2 Å². The zero-order chi connectivity index (χ0) is 9.68. The van der Waals surface area contributed by atoms with Crippen LogP contribution in [0.1, 0.15) is 17.4 Å². The van der Waals surface area contributed by atoms with E-state index in [1.54, 1.807) is 11.3 Å². The first-order valence-electron chi connectivity index (χ1n) is 4.32. The van der Waals surface area contributed by atoms with Crippen molar-refractivity contribution in [3.63, 3.8) is 0 Å². The van der Waals surface area contributed by atoms with Gasteiger partial charge in [0.25, 0.3) is 0 Å². The second kappa shape index (κ2) is 5.04. The molecule has 13 heavy (non-hydrogen) atoms. The van der Waals surface area contributed by atoms with Gasteiger partial charge in [-0.25, -0.2) is 0 Å². The second-order valence-corrected chi connectivity index (χ2v) is 3.68. The van der Waals surface area contributed by atoms with E-state index >= 15 is 0 Å². The van der Waals surface area contributed by atoms with Crippen LogP contribution in [0, 0.1) is 0 Å². The highest BCUT2D eigenvalue weighted by Crippen LogP contribution is 2.21. The van der Waals surface area contributed by atoms with Gasteiger partial charge >= 0.3 is 0 Å². The molecule has 0 aliphatic carbocycles. The highest BCUT2D eigenvalue weighted by molar-refractivity contribution is 7.10. The van der Waals surface area contributed by atoms with Crippen LogP contribution >= 0.6 is 11.3 Å². The Kier molecular flexibility index (Phi) is 3.99. The predicted molar refractivity (Wildman–Crippen MR) is 57.7 cm³/mol. The molecule has 0 amide bonds. The quantitative estimate of drug-likeness (QED) is 0.732. The number of hydrogen-bond acceptors (Lipinski definition) is 3. The van der Waals surface area contributed by atoms with Crippen molar-refractivity contribution in [1.29, 1.82) is 0 Å². The van der Waals surface area contributed by atoms with Crippen molar-refractivity contribution in [1.82, 2.24) is 5.32 Å². The zero-order valence-electron chi connectivity index (χ0n) is 8.09. The molecule has 3 heteroatoms. The number of ether oxygens (including phenoxy) is 1. The topological polar surface area (TPSA) is 21.3 Å². The summed E-state index contributed by atoms with van der Waals surface area (Å²) in [7, 11) is 1.94. The van der Waals surface area contributed by atoms with E-state index in [2.05, 4.69) is 23.3 Å². The van der Waals surface area contributed by atoms with Crippen molar-refractivity contribution in [2.24, 2.45) is 0 Å². The van der Waals surface area contributed by atoms with E-state index in [-0.39, 0.29) is 0 Å². The molecule has 0 unspecified atom stereocenters. The van der Waals surface area contributed by atoms with E-state index in [0.717, 1.165) is 17.9 Å². The van der Waals surface area contributed by atoms with E-state index in [4.69, 9.17) is 4.74 Å². The van der Waals surface area contributed by atoms with Gasteiger partial charge in [-0.2, -0.15) is 0 Å². The Bertz CT molecular complexity index is 280. The summed E-state index contributed by atoms with van der Waals surface area (Å²) in [6.07, 6.45) is 0. The van der Waals surface area contributed by atoms with Gasteiger partial charge < -0.3 is 10.1 Å². The number of thiophene rings is 1. The van der Waals surface area contributed by atoms with Crippen LogP contribution in [0.4, 0.5) is 0 Å². The van der Waals surface area contributed by atoms with Gasteiger partial charge in [0.15, 0.2) is 0 Å². The summed E-state index contributed by atoms with van der Waals surface area (Å²) < 4.78 is 5.31. The van der Waals surface area contributed by atoms with Crippen molar-refractivity contribution in [2.45, 2.75) is 13.5 Å². The summed E-state index contributed by atoms with van der Waals surface area (Å²) in [4.78, 5) is 1.30. The third-order valence-corrected chi connectivity index (χ3v) is 2.58. The molecule has 0 aliphatic rings. The normalized spacial score (nSPS) is 10.0. The average Bonchev–Trinajstić information content (AvgIpc) is 2.54. The lowest BCUT2D eigenvalue weighted by Crippen LogP contribution is -2.02. The maximum absolute atomic E-state index is 5.31. The first-order valence-corrected chi connectivity index (χ1v) is 5.20. The zero-order valence-corrected chi connectivity index (χ0v) is 8.91. The third-order valence-electron chi connectivity index (χ3n) is 1.65. The third kappa shape index (κ3) is 2.86. The molecular formula is C10H15NOS. The summed E-state index contributed by atoms with van der Waals surface area (Å²) >= 11 is 1.72. The smallest absolute Gasteiger partial charge is 0.120 e. The molecular weight excluding hydrogens is 182 g/mol. The lowest BCUT2D eigenvalue weighted by molar-refractivity contribution is 0.299. The molecule has 0 atom stereocenters. The van der Waals surface area contributed by atoms with Crippen molar-refractivity contribution >= 4 is 17.1 Å². The number of hydrogen-bond donors (Lipinski definition) is 1. The fourth-order valence-electron chi connectivity index (χ4n) is 1.05. The largest absolute Gasteiger partial charge is 0.494 e. The molecule has 0 spiro atoms. The molecule has 0 aromatic carbocycles. The number of nitrogens with one attached hydrogen (secondary N) is 1. The van der Waals surface area contributed by atoms with Crippen molar-refractivity contribution in [2.75, 3.05) is 13.7 Å². The van der Waals surface area contributed by atoms with Crippen LogP contribution in [0.15, 0.2) is 18.0 Å². The molecule has 1 aromatic rings. The van der Waals surface area contributed by atoms with E-state index in [1.807, 2.05) is 14.0 Å². The number of rotatable bonds is 5. The Morgan fingerprint density at radius 2 is 2.46 bits per heavy atom. The first kappa shape index (κ1) is 10.3. The van der Waals surface area contributed by atoms with Gasteiger partial charge in [-0.15, -0.1) is 11.3 Å². The van der Waals surface area contributed by atoms with Crippen LogP contribution in [0.5, 0.6) is 0 Å². The summed E-state index contributed by atoms with van der Waals surface area (Å²) in [5.74, 6) is 0.765. The highest BCUT2D eigenvalue weighted by Gasteiger charge is 2.02. The van der Waals surface area contributed by atoms with Gasteiger partial charge in [-0.05, 0) is 20.0 Å². The van der Waals surface area contributed by atoms with Crippen LogP contribution in [0.2, 0.25) is 0 Å². The molecule has 72 valence electrons. The maximum atomic E-state index is 5.31. The van der Waals surface area contributed by atoms with Crippen LogP contribution in [-0.2, 0) is 11.3 Å². The van der Waals surface area contributed by atoms with Crippen LogP contribution in [0.3, 0.4) is 0 Å². The first-order chi connectivity index (χ1) is 6.27. The summed E-state index contributed by atoms with van der Waals surface area (Å²) in [5, 5.41) is 5.18. The van der Waals surface area contributed by atoms with E-state index in [1.165, 1.54) is 4.88 Å². The molecule has 0 aliphatic heterocycles. The molecule has 1 aromatic heterocycles. The lowest BCUT2D eigenvalue weighted by atomic mass is 10.3. The Balaban J connectivity index is 2.62. The van der Waals surface area contributed by atoms with Gasteiger partial charge in [0.2, 0.25) is 0 Å². The van der Waals surface area contributed by atoms with Gasteiger partial charge in [0, 0.05) is 22.4 Å². The Hall–Kier alpha value is -0.800. The molecule has 0 bridgehead atoms. The van der Waals surface area contributed by atoms with Crippen LogP contribution in [-0.4, -0.2) is 13.7 Å². The summed E-state index contributed by atoms with van der Waals surface area (Å²) in [5.41, 5.74) is 1.09. The molecule has 1 rings (SSSR count). The van der Waals surface area contributed by atoms with Crippen molar-refractivity contribution in [3.05, 3.63) is 28.5 Å². The molecule has 0 saturated heterocycles. The van der Waals surface area contributed by atoms with E-state index < -0.39 is 0 Å². The Morgan fingerprint density at radius 1 is 1.69 bits per heavy atom. The standard InChI is InChI=1S/C10H15NOS/c1-4-12-8(2)9-5-10(6-11-3)13-7-9/h5,7,11H,2,4,6H2,1,3H3. The van der Waals surface area contributed by atoms with Gasteiger partial charge in [-0.3, -0.25) is 0 Å². The fourth-order valence-corrected chi connectivity index (χ4v) is 1.95. The molecule has 1 N–H and O–H groups in total. The highest BCUT2D eigenvalue weighted by atomic mass is 32.1. The molecule has 2 nitrogen and oxygen atoms in total. The average molecular weight is 197 g/mol. The Morgan fingerprint density at radius 3 is 3.08 bits per heavy atom. The van der Waals surface area contributed by atoms with Gasteiger partial charge in [0.1, 0.15) is 5.76 Å². The minimum atomic E-state index is 0.677. The monoisotopic (exact) mass is 197 g/mol. The summed E-state index contributed by atoms with van der Waals surface area (Å²) in [6, 6.07) is 2.11. The van der Waals surface area contributed by atoms with E-state index in [9.17, 15) is 0 Å². The fraction of sp³-hybridized carbons (Fsp3) is 0.400. The molecule has 0 radical (unpaired) electrons. The second-order valence-electron chi connectivity index (χ2n) is 2.69. The maximum Gasteiger partial charge on any atom is 0.120 e. The minimum Gasteiger partial charge on any atom is -0.494 e. The van der Waals surface area contributed by atoms with Crippen molar-refractivity contribution in [3.8, 4) is 0 Å². The van der Waals surface area contributed by atoms with E-state index in [0.29, 0.717) is 6.61 Å². The van der Waals surface area contributed by atoms with Crippen LogP contribution in [0.25, 0.3) is 5.76 Å². The minimum absolute atomic E-state index is 0.677. The van der Waals surface area contributed by atoms with Gasteiger partial charge in [-0.1, -0.05) is 6.58 Å². The molecule has 0 fully saturated rings. The SMILES string of the molecule is C=C(OCC)c1csc(CNC)c1. The lowest BCUT2D eigenvalue weighted by Gasteiger charge is -2.02. The van der Waals surface area contributed by atoms with Crippen LogP contribution < -0.4 is 5.32 Å². The molecule has 1 heterocycles. The molecule has 0 saturated carbocycles. The predicted octanol–water partition coefficient (Wildman–Crippen LogP) is 2.47. The van der Waals surface area contributed by atoms with Gasteiger partial charge in [0.05, 0.1) is 6.61 Å². The van der Waals surface area contributed by atoms with Crippen molar-refractivity contribution < 1.29 is 4.74 Å².